The number of phosphoric ester groups is 2. The molecular formula is C69H134O17P2. The van der Waals surface area contributed by atoms with E-state index in [2.05, 4.69) is 41.5 Å². The molecule has 0 aromatic carbocycles. The quantitative estimate of drug-likeness (QED) is 0.0222. The molecule has 5 atom stereocenters. The van der Waals surface area contributed by atoms with Gasteiger partial charge in [-0.1, -0.05) is 298 Å². The van der Waals surface area contributed by atoms with Crippen molar-refractivity contribution in [2.24, 2.45) is 11.8 Å². The van der Waals surface area contributed by atoms with Crippen LogP contribution in [0.15, 0.2) is 0 Å². The van der Waals surface area contributed by atoms with Crippen LogP contribution in [0.5, 0.6) is 0 Å². The van der Waals surface area contributed by atoms with Gasteiger partial charge in [0, 0.05) is 25.7 Å². The molecule has 0 fully saturated rings. The smallest absolute Gasteiger partial charge is 0.462 e. The molecule has 0 aromatic heterocycles. The number of ether oxygens (including phenoxy) is 4. The second kappa shape index (κ2) is 61.3. The van der Waals surface area contributed by atoms with Gasteiger partial charge < -0.3 is 33.8 Å². The summed E-state index contributed by atoms with van der Waals surface area (Å²) in [6.07, 6.45) is 46.1. The van der Waals surface area contributed by atoms with E-state index >= 15 is 0 Å². The molecule has 0 rings (SSSR count). The second-order valence-corrected chi connectivity index (χ2v) is 28.8. The number of hydrogen-bond acceptors (Lipinski definition) is 15. The van der Waals surface area contributed by atoms with Crippen molar-refractivity contribution in [2.75, 3.05) is 39.6 Å². The van der Waals surface area contributed by atoms with Crippen LogP contribution < -0.4 is 0 Å². The predicted octanol–water partition coefficient (Wildman–Crippen LogP) is 19.6. The van der Waals surface area contributed by atoms with Gasteiger partial charge in [-0.15, -0.1) is 0 Å². The summed E-state index contributed by atoms with van der Waals surface area (Å²) >= 11 is 0. The van der Waals surface area contributed by atoms with Crippen molar-refractivity contribution < 1.29 is 80.2 Å². The highest BCUT2D eigenvalue weighted by Crippen LogP contribution is 2.45. The van der Waals surface area contributed by atoms with Gasteiger partial charge in [0.05, 0.1) is 26.4 Å². The third-order valence-corrected chi connectivity index (χ3v) is 17.9. The molecule has 88 heavy (non-hydrogen) atoms. The van der Waals surface area contributed by atoms with Gasteiger partial charge in [0.2, 0.25) is 0 Å². The van der Waals surface area contributed by atoms with Gasteiger partial charge in [-0.2, -0.15) is 0 Å². The Bertz CT molecular complexity index is 1720. The molecule has 0 aliphatic rings. The summed E-state index contributed by atoms with van der Waals surface area (Å²) in [4.78, 5) is 72.2. The van der Waals surface area contributed by atoms with Gasteiger partial charge in [0.1, 0.15) is 19.3 Å². The Morgan fingerprint density at radius 3 is 0.773 bits per heavy atom. The molecule has 0 heterocycles. The van der Waals surface area contributed by atoms with Gasteiger partial charge in [-0.3, -0.25) is 37.3 Å². The minimum absolute atomic E-state index is 0.105. The second-order valence-electron chi connectivity index (χ2n) is 25.9. The van der Waals surface area contributed by atoms with Crippen molar-refractivity contribution in [1.29, 1.82) is 0 Å². The molecule has 17 nitrogen and oxygen atoms in total. The van der Waals surface area contributed by atoms with Crippen LogP contribution in [0.4, 0.5) is 0 Å². The lowest BCUT2D eigenvalue weighted by atomic mass is 10.0. The summed E-state index contributed by atoms with van der Waals surface area (Å²) < 4.78 is 68.1. The van der Waals surface area contributed by atoms with Crippen molar-refractivity contribution in [3.8, 4) is 0 Å². The normalized spacial score (nSPS) is 14.2. The fourth-order valence-electron chi connectivity index (χ4n) is 10.4. The fourth-order valence-corrected chi connectivity index (χ4v) is 12.0. The van der Waals surface area contributed by atoms with Crippen LogP contribution in [0.3, 0.4) is 0 Å². The molecule has 0 aromatic rings. The summed E-state index contributed by atoms with van der Waals surface area (Å²) in [5.41, 5.74) is 0. The van der Waals surface area contributed by atoms with Crippen LogP contribution in [0, 0.1) is 11.8 Å². The Balaban J connectivity index is 5.17. The van der Waals surface area contributed by atoms with Crippen LogP contribution >= 0.6 is 15.6 Å². The van der Waals surface area contributed by atoms with Crippen molar-refractivity contribution in [1.82, 2.24) is 0 Å². The summed E-state index contributed by atoms with van der Waals surface area (Å²) in [6, 6.07) is 0. The number of aliphatic hydroxyl groups is 1. The van der Waals surface area contributed by atoms with Gasteiger partial charge >= 0.3 is 39.5 Å². The largest absolute Gasteiger partial charge is 0.472 e. The average Bonchev–Trinajstić information content (AvgIpc) is 3.68. The van der Waals surface area contributed by atoms with E-state index in [4.69, 9.17) is 37.0 Å². The lowest BCUT2D eigenvalue weighted by molar-refractivity contribution is -0.161. The molecule has 0 aliphatic carbocycles. The Morgan fingerprint density at radius 2 is 0.523 bits per heavy atom. The highest BCUT2D eigenvalue weighted by atomic mass is 31.2. The van der Waals surface area contributed by atoms with Crippen LogP contribution in [-0.2, 0) is 65.4 Å². The first-order valence-electron chi connectivity index (χ1n) is 36.0. The van der Waals surface area contributed by atoms with E-state index in [1.54, 1.807) is 0 Å². The average molecular weight is 1300 g/mol. The number of rotatable bonds is 68. The van der Waals surface area contributed by atoms with E-state index in [0.29, 0.717) is 25.7 Å². The Labute approximate surface area is 537 Å². The summed E-state index contributed by atoms with van der Waals surface area (Å²) in [6.45, 7) is 9.46. The van der Waals surface area contributed by atoms with E-state index < -0.39 is 97.5 Å². The van der Waals surface area contributed by atoms with Gasteiger partial charge in [-0.05, 0) is 37.5 Å². The highest BCUT2D eigenvalue weighted by molar-refractivity contribution is 7.47. The van der Waals surface area contributed by atoms with Crippen LogP contribution in [0.1, 0.15) is 350 Å². The van der Waals surface area contributed by atoms with E-state index in [-0.39, 0.29) is 25.7 Å². The maximum absolute atomic E-state index is 13.0. The SMILES string of the molecule is CCCCCCCCCCCCCCCCC(=O)OC[C@H](COP(=O)(O)OC[C@@H](O)COP(=O)(O)OC[C@@H](COC(=O)CCCCCCC)OC(=O)CCCCCCCCCCCCC(C)C)OC(=O)CCCCCCCCCCCCCCCC(C)C. The molecule has 0 saturated carbocycles. The topological polar surface area (TPSA) is 237 Å². The lowest BCUT2D eigenvalue weighted by Gasteiger charge is -2.21. The molecule has 3 N–H and O–H groups in total. The number of unbranched alkanes of at least 4 members (excludes halogenated alkanes) is 38. The van der Waals surface area contributed by atoms with Crippen molar-refractivity contribution in [2.45, 2.75) is 368 Å². The van der Waals surface area contributed by atoms with Gasteiger partial charge in [-0.25, -0.2) is 9.13 Å². The van der Waals surface area contributed by atoms with Crippen molar-refractivity contribution in [3.05, 3.63) is 0 Å². The Hall–Kier alpha value is -1.94. The molecular weight excluding hydrogens is 1160 g/mol. The first kappa shape index (κ1) is 86.1. The first-order chi connectivity index (χ1) is 42.4. The third-order valence-electron chi connectivity index (χ3n) is 16.0. The summed E-state index contributed by atoms with van der Waals surface area (Å²) in [5, 5.41) is 10.6. The molecule has 0 saturated heterocycles. The number of phosphoric acid groups is 2. The molecule has 0 amide bonds. The number of esters is 4. The molecule has 2 unspecified atom stereocenters. The standard InChI is InChI=1S/C69H134O17P2/c1-7-9-11-13-14-15-16-17-20-23-29-34-40-46-52-67(72)80-58-65(86-69(74)53-47-41-35-30-24-21-18-19-22-27-32-38-43-49-61(3)4)60-84-88(77,78)82-56-63(70)55-81-87(75,76)83-59-64(57-79-66(71)51-45-37-12-10-8-2)85-68(73)54-48-42-36-31-26-25-28-33-39-44-50-62(5)6/h61-65,70H,7-60H2,1-6H3,(H,75,76)(H,77,78)/t63-,64+,65+/m0/s1. The Kier molecular flexibility index (Phi) is 59.9. The molecule has 522 valence electrons. The van der Waals surface area contributed by atoms with Gasteiger partial charge in [0.15, 0.2) is 12.2 Å². The maximum Gasteiger partial charge on any atom is 0.472 e. The van der Waals surface area contributed by atoms with E-state index in [1.165, 1.54) is 161 Å². The molecule has 0 aliphatic heterocycles. The summed E-state index contributed by atoms with van der Waals surface area (Å²) in [5.74, 6) is -0.596. The molecule has 19 heteroatoms. The van der Waals surface area contributed by atoms with E-state index in [1.807, 2.05) is 0 Å². The number of carbonyl (C=O) groups is 4. The third kappa shape index (κ3) is 62.8. The highest BCUT2D eigenvalue weighted by Gasteiger charge is 2.30. The van der Waals surface area contributed by atoms with Crippen molar-refractivity contribution in [3.63, 3.8) is 0 Å². The van der Waals surface area contributed by atoms with Gasteiger partial charge in [0.25, 0.3) is 0 Å². The molecule has 0 spiro atoms. The van der Waals surface area contributed by atoms with E-state index in [0.717, 1.165) is 108 Å². The summed E-state index contributed by atoms with van der Waals surface area (Å²) in [7, 11) is -9.89. The zero-order valence-corrected chi connectivity index (χ0v) is 58.8. The minimum atomic E-state index is -4.95. The first-order valence-corrected chi connectivity index (χ1v) is 39.0. The van der Waals surface area contributed by atoms with E-state index in [9.17, 15) is 43.2 Å². The Morgan fingerprint density at radius 1 is 0.307 bits per heavy atom. The lowest BCUT2D eigenvalue weighted by Crippen LogP contribution is -2.30. The molecule has 0 radical (unpaired) electrons. The minimum Gasteiger partial charge on any atom is -0.462 e. The molecule has 0 bridgehead atoms. The number of aliphatic hydroxyl groups excluding tert-OH is 1. The number of carbonyl (C=O) groups excluding carboxylic acids is 4. The zero-order valence-electron chi connectivity index (χ0n) is 57.0. The van der Waals surface area contributed by atoms with Crippen molar-refractivity contribution >= 4 is 39.5 Å². The maximum atomic E-state index is 13.0. The van der Waals surface area contributed by atoms with Crippen LogP contribution in [-0.4, -0.2) is 96.7 Å². The van der Waals surface area contributed by atoms with Crippen LogP contribution in [0.2, 0.25) is 0 Å². The van der Waals surface area contributed by atoms with Crippen LogP contribution in [0.25, 0.3) is 0 Å². The number of hydrogen-bond donors (Lipinski definition) is 3. The zero-order chi connectivity index (χ0) is 65.0. The fraction of sp³-hybridized carbons (Fsp3) is 0.942. The monoisotopic (exact) mass is 1300 g/mol. The predicted molar refractivity (Wildman–Crippen MR) is 354 cm³/mol.